The van der Waals surface area contributed by atoms with Gasteiger partial charge >= 0.3 is 5.97 Å². The summed E-state index contributed by atoms with van der Waals surface area (Å²) in [7, 11) is -2.40. The molecule has 0 bridgehead atoms. The molecule has 0 aromatic heterocycles. The quantitative estimate of drug-likeness (QED) is 0.0629. The van der Waals surface area contributed by atoms with Gasteiger partial charge in [-0.25, -0.2) is 13.1 Å². The van der Waals surface area contributed by atoms with Crippen LogP contribution in [0.15, 0.2) is 114 Å². The number of benzene rings is 4. The number of halogens is 1. The van der Waals surface area contributed by atoms with E-state index in [0.717, 1.165) is 25.0 Å². The number of carbonyl (C=O) groups is 2. The first-order valence-corrected chi connectivity index (χ1v) is 17.9. The lowest BCUT2D eigenvalue weighted by molar-refractivity contribution is -0.384. The van der Waals surface area contributed by atoms with Crippen LogP contribution in [-0.4, -0.2) is 49.8 Å². The predicted molar refractivity (Wildman–Crippen MR) is 186 cm³/mol. The first-order valence-electron chi connectivity index (χ1n) is 16.0. The molecule has 0 heterocycles. The summed E-state index contributed by atoms with van der Waals surface area (Å²) in [4.78, 5) is 39.5. The molecule has 256 valence electrons. The average Bonchev–Trinajstić information content (AvgIpc) is 3.94. The number of sulfonamides is 1. The van der Waals surface area contributed by atoms with Crippen LogP contribution in [0.2, 0.25) is 5.02 Å². The normalized spacial score (nSPS) is 14.4. The third kappa shape index (κ3) is 8.36. The second-order valence-corrected chi connectivity index (χ2v) is 14.5. The Hall–Kier alpha value is -4.58. The van der Waals surface area contributed by atoms with Gasteiger partial charge in [-0.3, -0.25) is 19.7 Å². The van der Waals surface area contributed by atoms with E-state index in [1.807, 2.05) is 72.8 Å². The number of carbonyl (C=O) groups excluding carboxylic acids is 2. The number of likely N-dealkylation sites (N-methyl/N-ethyl adjacent to an activating group) is 1. The summed E-state index contributed by atoms with van der Waals surface area (Å²) in [6, 6.07) is 29.9. The van der Waals surface area contributed by atoms with Gasteiger partial charge < -0.3 is 9.64 Å². The Balaban J connectivity index is 1.35. The minimum Gasteiger partial charge on any atom is -0.444 e. The van der Waals surface area contributed by atoms with Crippen LogP contribution in [0.1, 0.15) is 49.3 Å². The molecule has 4 aromatic rings. The van der Waals surface area contributed by atoms with Crippen LogP contribution in [0.25, 0.3) is 0 Å². The Morgan fingerprint density at radius 2 is 1.49 bits per heavy atom. The van der Waals surface area contributed by atoms with Crippen LogP contribution in [0.5, 0.6) is 0 Å². The lowest BCUT2D eigenvalue weighted by atomic mass is 9.80. The van der Waals surface area contributed by atoms with Crippen LogP contribution in [-0.2, 0) is 30.0 Å². The molecule has 0 aliphatic heterocycles. The lowest BCUT2D eigenvalue weighted by Gasteiger charge is -2.36. The van der Waals surface area contributed by atoms with Crippen molar-refractivity contribution in [1.82, 2.24) is 9.62 Å². The van der Waals surface area contributed by atoms with Crippen LogP contribution in [0.4, 0.5) is 5.69 Å². The van der Waals surface area contributed by atoms with Gasteiger partial charge in [0.1, 0.15) is 0 Å². The first kappa shape index (κ1) is 35.7. The Bertz CT molecular complexity index is 1850. The number of hydrogen-bond acceptors (Lipinski definition) is 7. The Morgan fingerprint density at radius 3 is 2.02 bits per heavy atom. The molecule has 1 saturated carbocycles. The molecule has 2 atom stereocenters. The molecule has 0 radical (unpaired) electrons. The fourth-order valence-electron chi connectivity index (χ4n) is 5.97. The highest BCUT2D eigenvalue weighted by molar-refractivity contribution is 7.89. The average molecular weight is 704 g/mol. The van der Waals surface area contributed by atoms with E-state index in [9.17, 15) is 28.1 Å². The zero-order chi connectivity index (χ0) is 35.2. The number of nitro groups is 1. The van der Waals surface area contributed by atoms with Crippen molar-refractivity contribution in [3.63, 3.8) is 0 Å². The van der Waals surface area contributed by atoms with Gasteiger partial charge in [0, 0.05) is 59.4 Å². The first-order chi connectivity index (χ1) is 23.4. The van der Waals surface area contributed by atoms with Crippen molar-refractivity contribution in [2.24, 2.45) is 11.8 Å². The second-order valence-electron chi connectivity index (χ2n) is 12.4. The maximum atomic E-state index is 13.9. The highest BCUT2D eigenvalue weighted by Crippen LogP contribution is 2.44. The standard InChI is InChI=1S/C37H38ClN3O7S/c1-26(36(43)40(2)31(24-27-17-18-27)25-39-49(46,47)32-21-19-30(20-22-32)41(44)45)23-35(42)48-37(28-11-5-3-6-12-28,29-13-7-4-8-14-29)33-15-9-10-16-34(33)38/h3-16,19-22,26-27,31,39H,17-18,23-25H2,1-2H3/t26-,31+/m1/s1. The number of non-ortho nitro benzene ring substituents is 1. The van der Waals surface area contributed by atoms with Crippen molar-refractivity contribution in [1.29, 1.82) is 0 Å². The molecule has 12 heteroatoms. The summed E-state index contributed by atoms with van der Waals surface area (Å²) in [6.07, 6.45) is 2.32. The van der Waals surface area contributed by atoms with Gasteiger partial charge in [0.25, 0.3) is 5.69 Å². The highest BCUT2D eigenvalue weighted by atomic mass is 35.5. The molecule has 10 nitrogen and oxygen atoms in total. The van der Waals surface area contributed by atoms with E-state index in [1.165, 1.54) is 17.0 Å². The second kappa shape index (κ2) is 15.3. The topological polar surface area (TPSA) is 136 Å². The van der Waals surface area contributed by atoms with Gasteiger partial charge in [0.15, 0.2) is 5.60 Å². The third-order valence-corrected chi connectivity index (χ3v) is 10.6. The van der Waals surface area contributed by atoms with Gasteiger partial charge in [-0.15, -0.1) is 0 Å². The van der Waals surface area contributed by atoms with Crippen molar-refractivity contribution in [2.45, 2.75) is 49.1 Å². The van der Waals surface area contributed by atoms with Gasteiger partial charge in [-0.1, -0.05) is 110 Å². The fraction of sp³-hybridized carbons (Fsp3) is 0.297. The number of rotatable bonds is 15. The van der Waals surface area contributed by atoms with E-state index < -0.39 is 38.5 Å². The van der Waals surface area contributed by atoms with E-state index in [2.05, 4.69) is 4.72 Å². The number of nitro benzene ring substituents is 1. The van der Waals surface area contributed by atoms with Crippen molar-refractivity contribution >= 4 is 39.2 Å². The van der Waals surface area contributed by atoms with Crippen molar-refractivity contribution < 1.29 is 27.7 Å². The molecule has 1 aliphatic carbocycles. The van der Waals surface area contributed by atoms with Crippen molar-refractivity contribution in [3.05, 3.63) is 141 Å². The zero-order valence-corrected chi connectivity index (χ0v) is 28.8. The van der Waals surface area contributed by atoms with Crippen molar-refractivity contribution in [3.8, 4) is 0 Å². The number of nitrogens with one attached hydrogen (secondary N) is 1. The Morgan fingerprint density at radius 1 is 0.939 bits per heavy atom. The molecule has 0 unspecified atom stereocenters. The molecule has 1 N–H and O–H groups in total. The predicted octanol–water partition coefficient (Wildman–Crippen LogP) is 6.72. The summed E-state index contributed by atoms with van der Waals surface area (Å²) in [5.41, 5.74) is 0.313. The molecule has 0 spiro atoms. The highest BCUT2D eigenvalue weighted by Gasteiger charge is 2.42. The van der Waals surface area contributed by atoms with Gasteiger partial charge in [-0.2, -0.15) is 0 Å². The van der Waals surface area contributed by atoms with E-state index in [-0.39, 0.29) is 29.5 Å². The van der Waals surface area contributed by atoms with Crippen LogP contribution in [0, 0.1) is 22.0 Å². The van der Waals surface area contributed by atoms with E-state index in [0.29, 0.717) is 34.1 Å². The van der Waals surface area contributed by atoms with E-state index in [4.69, 9.17) is 16.3 Å². The molecule has 0 saturated heterocycles. The van der Waals surface area contributed by atoms with Crippen LogP contribution < -0.4 is 4.72 Å². The summed E-state index contributed by atoms with van der Waals surface area (Å²) in [5, 5.41) is 11.4. The smallest absolute Gasteiger partial charge is 0.308 e. The molecule has 5 rings (SSSR count). The number of amides is 1. The molecular formula is C37H38ClN3O7S. The number of nitrogens with zero attached hydrogens (tertiary/aromatic N) is 2. The monoisotopic (exact) mass is 703 g/mol. The molecule has 1 fully saturated rings. The van der Waals surface area contributed by atoms with E-state index >= 15 is 0 Å². The van der Waals surface area contributed by atoms with Gasteiger partial charge in [0.2, 0.25) is 15.9 Å². The third-order valence-electron chi connectivity index (χ3n) is 8.84. The largest absolute Gasteiger partial charge is 0.444 e. The number of hydrogen-bond donors (Lipinski definition) is 1. The maximum Gasteiger partial charge on any atom is 0.308 e. The van der Waals surface area contributed by atoms with E-state index in [1.54, 1.807) is 26.1 Å². The number of esters is 1. The summed E-state index contributed by atoms with van der Waals surface area (Å²) < 4.78 is 35.1. The molecule has 1 amide bonds. The lowest BCUT2D eigenvalue weighted by Crippen LogP contribution is -2.47. The fourth-order valence-corrected chi connectivity index (χ4v) is 7.31. The molecular weight excluding hydrogens is 666 g/mol. The SMILES string of the molecule is C[C@H](CC(=O)OC(c1ccccc1)(c1ccccc1)c1ccccc1Cl)C(=O)N(C)[C@H](CNS(=O)(=O)c1ccc([N+](=O)[O-])cc1)CC1CC1. The minimum absolute atomic E-state index is 0.0626. The summed E-state index contributed by atoms with van der Waals surface area (Å²) in [6.45, 7) is 1.59. The summed E-state index contributed by atoms with van der Waals surface area (Å²) in [5.74, 6) is -1.38. The van der Waals surface area contributed by atoms with Crippen LogP contribution in [0.3, 0.4) is 0 Å². The van der Waals surface area contributed by atoms with Gasteiger partial charge in [-0.05, 0) is 30.5 Å². The zero-order valence-electron chi connectivity index (χ0n) is 27.2. The summed E-state index contributed by atoms with van der Waals surface area (Å²) >= 11 is 6.76. The molecule has 4 aromatic carbocycles. The Labute approximate surface area is 291 Å². The van der Waals surface area contributed by atoms with Gasteiger partial charge in [0.05, 0.1) is 16.2 Å². The molecule has 49 heavy (non-hydrogen) atoms. The minimum atomic E-state index is -4.01. The number of ether oxygens (including phenoxy) is 1. The Kier molecular flexibility index (Phi) is 11.2. The molecule has 1 aliphatic rings. The maximum absolute atomic E-state index is 13.9. The van der Waals surface area contributed by atoms with Crippen LogP contribution >= 0.6 is 11.6 Å². The van der Waals surface area contributed by atoms with Crippen molar-refractivity contribution in [2.75, 3.05) is 13.6 Å².